The predicted molar refractivity (Wildman–Crippen MR) is 74.2 cm³/mol. The zero-order valence-electron chi connectivity index (χ0n) is 12.4. The molecule has 0 heterocycles. The van der Waals surface area contributed by atoms with E-state index in [1.54, 1.807) is 11.8 Å². The molecular weight excluding hydrogens is 226 g/mol. The van der Waals surface area contributed by atoms with Gasteiger partial charge in [0.1, 0.15) is 0 Å². The van der Waals surface area contributed by atoms with Crippen LogP contribution >= 0.6 is 0 Å². The van der Waals surface area contributed by atoms with Gasteiger partial charge in [0, 0.05) is 19.5 Å². The summed E-state index contributed by atoms with van der Waals surface area (Å²) in [7, 11) is 1.86. The minimum atomic E-state index is -0.322. The molecule has 0 saturated heterocycles. The number of hydrogen-bond donors (Lipinski definition) is 1. The first-order valence-corrected chi connectivity index (χ1v) is 7.34. The maximum absolute atomic E-state index is 12.2. The topological polar surface area (TPSA) is 40.5 Å². The Bertz CT molecular complexity index is 255. The van der Waals surface area contributed by atoms with Crippen LogP contribution in [0.25, 0.3) is 0 Å². The second-order valence-electron chi connectivity index (χ2n) is 6.25. The Kier molecular flexibility index (Phi) is 6.13. The molecule has 1 amide bonds. The monoisotopic (exact) mass is 255 g/mol. The minimum absolute atomic E-state index is 0.221. The Morgan fingerprint density at radius 3 is 2.22 bits per heavy atom. The van der Waals surface area contributed by atoms with E-state index >= 15 is 0 Å². The smallest absolute Gasteiger partial charge is 0.225 e. The van der Waals surface area contributed by atoms with E-state index in [-0.39, 0.29) is 17.9 Å². The zero-order valence-corrected chi connectivity index (χ0v) is 12.4. The molecule has 0 aromatic heterocycles. The zero-order chi connectivity index (χ0) is 13.7. The SMILES string of the molecule is CC(O)CCN(C)C(=O)C1CCC(C(C)C)CC1. The van der Waals surface area contributed by atoms with Gasteiger partial charge in [-0.25, -0.2) is 0 Å². The molecule has 3 heteroatoms. The maximum Gasteiger partial charge on any atom is 0.225 e. The summed E-state index contributed by atoms with van der Waals surface area (Å²) in [6.07, 6.45) is 4.82. The summed E-state index contributed by atoms with van der Waals surface area (Å²) in [5, 5.41) is 9.25. The molecule has 0 aromatic rings. The highest BCUT2D eigenvalue weighted by Gasteiger charge is 2.29. The lowest BCUT2D eigenvalue weighted by atomic mass is 9.76. The van der Waals surface area contributed by atoms with Gasteiger partial charge in [-0.3, -0.25) is 4.79 Å². The number of rotatable bonds is 5. The number of nitrogens with zero attached hydrogens (tertiary/aromatic N) is 1. The van der Waals surface area contributed by atoms with Crippen LogP contribution in [0.4, 0.5) is 0 Å². The molecule has 1 N–H and O–H groups in total. The summed E-state index contributed by atoms with van der Waals surface area (Å²) in [4.78, 5) is 14.0. The van der Waals surface area contributed by atoms with E-state index in [9.17, 15) is 9.90 Å². The molecule has 1 aliphatic carbocycles. The van der Waals surface area contributed by atoms with Crippen molar-refractivity contribution in [2.75, 3.05) is 13.6 Å². The highest BCUT2D eigenvalue weighted by Crippen LogP contribution is 2.33. The van der Waals surface area contributed by atoms with Crippen molar-refractivity contribution in [1.82, 2.24) is 4.90 Å². The van der Waals surface area contributed by atoms with Crippen molar-refractivity contribution in [2.45, 2.75) is 59.0 Å². The molecule has 1 atom stereocenters. The molecular formula is C15H29NO2. The highest BCUT2D eigenvalue weighted by atomic mass is 16.3. The van der Waals surface area contributed by atoms with Gasteiger partial charge in [-0.1, -0.05) is 13.8 Å². The third-order valence-corrected chi connectivity index (χ3v) is 4.32. The van der Waals surface area contributed by atoms with Gasteiger partial charge in [0.2, 0.25) is 5.91 Å². The summed E-state index contributed by atoms with van der Waals surface area (Å²) in [6.45, 7) is 7.00. The van der Waals surface area contributed by atoms with E-state index in [0.29, 0.717) is 13.0 Å². The van der Waals surface area contributed by atoms with Crippen molar-refractivity contribution in [1.29, 1.82) is 0 Å². The van der Waals surface area contributed by atoms with Gasteiger partial charge < -0.3 is 10.0 Å². The number of amides is 1. The summed E-state index contributed by atoms with van der Waals surface area (Å²) < 4.78 is 0. The quantitative estimate of drug-likeness (QED) is 0.820. The van der Waals surface area contributed by atoms with Crippen LogP contribution in [0.5, 0.6) is 0 Å². The predicted octanol–water partition coefficient (Wildman–Crippen LogP) is 2.68. The van der Waals surface area contributed by atoms with E-state index in [0.717, 1.165) is 24.7 Å². The Balaban J connectivity index is 2.35. The summed E-state index contributed by atoms with van der Waals surface area (Å²) in [6, 6.07) is 0. The van der Waals surface area contributed by atoms with Crippen molar-refractivity contribution in [3.63, 3.8) is 0 Å². The Morgan fingerprint density at radius 2 is 1.78 bits per heavy atom. The summed E-state index contributed by atoms with van der Waals surface area (Å²) in [5.74, 6) is 2.04. The van der Waals surface area contributed by atoms with Gasteiger partial charge in [0.15, 0.2) is 0 Å². The Morgan fingerprint density at radius 1 is 1.22 bits per heavy atom. The fraction of sp³-hybridized carbons (Fsp3) is 0.933. The van der Waals surface area contributed by atoms with Gasteiger partial charge in [-0.2, -0.15) is 0 Å². The summed E-state index contributed by atoms with van der Waals surface area (Å²) in [5.41, 5.74) is 0. The van der Waals surface area contributed by atoms with Crippen LogP contribution < -0.4 is 0 Å². The molecule has 0 aliphatic heterocycles. The van der Waals surface area contributed by atoms with Crippen molar-refractivity contribution in [2.24, 2.45) is 17.8 Å². The molecule has 3 nitrogen and oxygen atoms in total. The molecule has 106 valence electrons. The lowest BCUT2D eigenvalue weighted by molar-refractivity contribution is -0.135. The average molecular weight is 255 g/mol. The molecule has 1 rings (SSSR count). The van der Waals surface area contributed by atoms with Gasteiger partial charge in [0.05, 0.1) is 6.10 Å². The first-order chi connectivity index (χ1) is 8.41. The van der Waals surface area contributed by atoms with E-state index < -0.39 is 0 Å². The van der Waals surface area contributed by atoms with Gasteiger partial charge >= 0.3 is 0 Å². The second kappa shape index (κ2) is 7.13. The first kappa shape index (κ1) is 15.5. The molecule has 1 fully saturated rings. The first-order valence-electron chi connectivity index (χ1n) is 7.34. The Labute approximate surface area is 112 Å². The van der Waals surface area contributed by atoms with E-state index in [2.05, 4.69) is 13.8 Å². The van der Waals surface area contributed by atoms with Crippen molar-refractivity contribution in [3.05, 3.63) is 0 Å². The third-order valence-electron chi connectivity index (χ3n) is 4.32. The number of aliphatic hydroxyl groups is 1. The highest BCUT2D eigenvalue weighted by molar-refractivity contribution is 5.78. The van der Waals surface area contributed by atoms with Crippen LogP contribution in [0.15, 0.2) is 0 Å². The second-order valence-corrected chi connectivity index (χ2v) is 6.25. The maximum atomic E-state index is 12.2. The fourth-order valence-corrected chi connectivity index (χ4v) is 2.84. The molecule has 0 spiro atoms. The van der Waals surface area contributed by atoms with Crippen LogP contribution in [0, 0.1) is 17.8 Å². The van der Waals surface area contributed by atoms with Crippen molar-refractivity contribution < 1.29 is 9.90 Å². The van der Waals surface area contributed by atoms with Crippen LogP contribution in [0.1, 0.15) is 52.9 Å². The van der Waals surface area contributed by atoms with E-state index in [1.165, 1.54) is 12.8 Å². The van der Waals surface area contributed by atoms with E-state index in [1.807, 2.05) is 7.05 Å². The molecule has 0 aromatic carbocycles. The van der Waals surface area contributed by atoms with Crippen molar-refractivity contribution >= 4 is 5.91 Å². The normalized spacial score (nSPS) is 26.1. The molecule has 18 heavy (non-hydrogen) atoms. The molecule has 1 unspecified atom stereocenters. The van der Waals surface area contributed by atoms with Crippen LogP contribution in [-0.2, 0) is 4.79 Å². The van der Waals surface area contributed by atoms with Gasteiger partial charge in [0.25, 0.3) is 0 Å². The van der Waals surface area contributed by atoms with Gasteiger partial charge in [-0.15, -0.1) is 0 Å². The lowest BCUT2D eigenvalue weighted by Crippen LogP contribution is -2.36. The number of aliphatic hydroxyl groups excluding tert-OH is 1. The number of hydrogen-bond acceptors (Lipinski definition) is 2. The third kappa shape index (κ3) is 4.60. The molecule has 0 bridgehead atoms. The standard InChI is InChI=1S/C15H29NO2/c1-11(2)13-5-7-14(8-6-13)15(18)16(4)10-9-12(3)17/h11-14,17H,5-10H2,1-4H3. The van der Waals surface area contributed by atoms with Crippen LogP contribution in [0.2, 0.25) is 0 Å². The van der Waals surface area contributed by atoms with E-state index in [4.69, 9.17) is 0 Å². The summed E-state index contributed by atoms with van der Waals surface area (Å²) >= 11 is 0. The van der Waals surface area contributed by atoms with Crippen LogP contribution in [-0.4, -0.2) is 35.6 Å². The Hall–Kier alpha value is -0.570. The lowest BCUT2D eigenvalue weighted by Gasteiger charge is -2.32. The molecule has 0 radical (unpaired) electrons. The molecule has 1 saturated carbocycles. The average Bonchev–Trinajstić information content (AvgIpc) is 2.35. The van der Waals surface area contributed by atoms with Crippen molar-refractivity contribution in [3.8, 4) is 0 Å². The fourth-order valence-electron chi connectivity index (χ4n) is 2.84. The molecule has 1 aliphatic rings. The van der Waals surface area contributed by atoms with Gasteiger partial charge in [-0.05, 0) is 50.9 Å². The minimum Gasteiger partial charge on any atom is -0.393 e. The number of carbonyl (C=O) groups excluding carboxylic acids is 1. The van der Waals surface area contributed by atoms with Crippen LogP contribution in [0.3, 0.4) is 0 Å². The largest absolute Gasteiger partial charge is 0.393 e. The number of carbonyl (C=O) groups is 1.